The molecule has 1 heterocycles. The van der Waals surface area contributed by atoms with Crippen LogP contribution in [0.1, 0.15) is 36.7 Å². The largest absolute Gasteiger partial charge is 0.337 e. The zero-order valence-corrected chi connectivity index (χ0v) is 15.3. The average Bonchev–Trinajstić information content (AvgIpc) is 3.06. The van der Waals surface area contributed by atoms with Gasteiger partial charge in [0.05, 0.1) is 11.8 Å². The Labute approximate surface area is 155 Å². The van der Waals surface area contributed by atoms with Crippen LogP contribution in [0.15, 0.2) is 89.9 Å². The third-order valence-electron chi connectivity index (χ3n) is 5.15. The number of hydrogen-bond acceptors (Lipinski definition) is 2. The van der Waals surface area contributed by atoms with E-state index in [0.29, 0.717) is 0 Å². The summed E-state index contributed by atoms with van der Waals surface area (Å²) in [6, 6.07) is 30.2. The molecule has 0 N–H and O–H groups in total. The van der Waals surface area contributed by atoms with Crippen molar-refractivity contribution in [3.63, 3.8) is 0 Å². The van der Waals surface area contributed by atoms with Gasteiger partial charge in [-0.05, 0) is 42.2 Å². The first kappa shape index (κ1) is 16.6. The van der Waals surface area contributed by atoms with Crippen LogP contribution < -0.4 is 4.90 Å². The smallest absolute Gasteiger partial charge is 0.148 e. The molecule has 0 bridgehead atoms. The van der Waals surface area contributed by atoms with E-state index in [1.54, 1.807) is 0 Å². The standard InChI is InChI=1S/C24H24N2/c1-3-19-14-16-21(17-15-19)24-25-23(20-10-6-4-7-11-20)18(2)26(24)22-12-8-5-9-13-22/h4-18,24H,3H2,1-2H3. The molecule has 1 aliphatic heterocycles. The van der Waals surface area contributed by atoms with Crippen molar-refractivity contribution in [1.82, 2.24) is 0 Å². The van der Waals surface area contributed by atoms with E-state index in [1.165, 1.54) is 22.4 Å². The summed E-state index contributed by atoms with van der Waals surface area (Å²) in [5.41, 5.74) is 6.16. The first-order chi connectivity index (χ1) is 12.8. The summed E-state index contributed by atoms with van der Waals surface area (Å²) >= 11 is 0. The van der Waals surface area contributed by atoms with Gasteiger partial charge in [0.15, 0.2) is 0 Å². The summed E-state index contributed by atoms with van der Waals surface area (Å²) < 4.78 is 0. The van der Waals surface area contributed by atoms with E-state index >= 15 is 0 Å². The van der Waals surface area contributed by atoms with Gasteiger partial charge in [-0.3, -0.25) is 4.99 Å². The quantitative estimate of drug-likeness (QED) is 0.599. The van der Waals surface area contributed by atoms with Gasteiger partial charge in [0, 0.05) is 5.69 Å². The molecule has 1 aliphatic rings. The van der Waals surface area contributed by atoms with Crippen molar-refractivity contribution < 1.29 is 0 Å². The molecule has 0 radical (unpaired) electrons. The Morgan fingerprint density at radius 2 is 1.42 bits per heavy atom. The van der Waals surface area contributed by atoms with Crippen LogP contribution in [0, 0.1) is 0 Å². The predicted molar refractivity (Wildman–Crippen MR) is 110 cm³/mol. The van der Waals surface area contributed by atoms with Crippen molar-refractivity contribution in [3.05, 3.63) is 102 Å². The Hall–Kier alpha value is -2.87. The van der Waals surface area contributed by atoms with Gasteiger partial charge in [-0.2, -0.15) is 0 Å². The lowest BCUT2D eigenvalue weighted by molar-refractivity contribution is 0.675. The summed E-state index contributed by atoms with van der Waals surface area (Å²) in [7, 11) is 0. The minimum atomic E-state index is 0.00788. The number of rotatable bonds is 4. The Morgan fingerprint density at radius 3 is 2.04 bits per heavy atom. The fraction of sp³-hybridized carbons (Fsp3) is 0.208. The molecule has 2 unspecified atom stereocenters. The van der Waals surface area contributed by atoms with Crippen LogP contribution in [0.4, 0.5) is 5.69 Å². The number of aliphatic imine (C=N–C) groups is 1. The van der Waals surface area contributed by atoms with E-state index < -0.39 is 0 Å². The summed E-state index contributed by atoms with van der Waals surface area (Å²) in [5.74, 6) is 0. The molecule has 0 aromatic heterocycles. The molecule has 26 heavy (non-hydrogen) atoms. The Balaban J connectivity index is 1.79. The first-order valence-electron chi connectivity index (χ1n) is 9.33. The van der Waals surface area contributed by atoms with Crippen molar-refractivity contribution in [2.24, 2.45) is 4.99 Å². The normalized spacial score (nSPS) is 19.5. The van der Waals surface area contributed by atoms with Gasteiger partial charge in [0.25, 0.3) is 0 Å². The summed E-state index contributed by atoms with van der Waals surface area (Å²) in [4.78, 5) is 7.59. The minimum Gasteiger partial charge on any atom is -0.337 e. The molecular weight excluding hydrogens is 316 g/mol. The summed E-state index contributed by atoms with van der Waals surface area (Å²) in [5, 5.41) is 0. The van der Waals surface area contributed by atoms with Gasteiger partial charge in [-0.25, -0.2) is 0 Å². The van der Waals surface area contributed by atoms with E-state index in [-0.39, 0.29) is 12.2 Å². The van der Waals surface area contributed by atoms with E-state index in [0.717, 1.165) is 12.1 Å². The zero-order chi connectivity index (χ0) is 17.9. The number of aryl methyl sites for hydroxylation is 1. The average molecular weight is 340 g/mol. The number of nitrogens with zero attached hydrogens (tertiary/aromatic N) is 2. The Kier molecular flexibility index (Phi) is 4.57. The van der Waals surface area contributed by atoms with Crippen molar-refractivity contribution in [2.75, 3.05) is 4.90 Å². The molecular formula is C24H24N2. The van der Waals surface area contributed by atoms with Gasteiger partial charge >= 0.3 is 0 Å². The van der Waals surface area contributed by atoms with Crippen molar-refractivity contribution in [1.29, 1.82) is 0 Å². The minimum absolute atomic E-state index is 0.00788. The van der Waals surface area contributed by atoms with Crippen molar-refractivity contribution in [2.45, 2.75) is 32.5 Å². The monoisotopic (exact) mass is 340 g/mol. The lowest BCUT2D eigenvalue weighted by atomic mass is 10.0. The molecule has 4 rings (SSSR count). The second-order valence-electron chi connectivity index (χ2n) is 6.77. The number of hydrogen-bond donors (Lipinski definition) is 0. The van der Waals surface area contributed by atoms with Crippen molar-refractivity contribution in [3.8, 4) is 0 Å². The highest BCUT2D eigenvalue weighted by Gasteiger charge is 2.34. The molecule has 2 nitrogen and oxygen atoms in total. The van der Waals surface area contributed by atoms with E-state index in [2.05, 4.69) is 104 Å². The molecule has 0 fully saturated rings. The van der Waals surface area contributed by atoms with Gasteiger partial charge in [-0.1, -0.05) is 79.7 Å². The Morgan fingerprint density at radius 1 is 0.808 bits per heavy atom. The second-order valence-corrected chi connectivity index (χ2v) is 6.77. The number of anilines is 1. The maximum absolute atomic E-state index is 5.17. The third kappa shape index (κ3) is 3.03. The molecule has 0 saturated carbocycles. The van der Waals surface area contributed by atoms with E-state index in [9.17, 15) is 0 Å². The van der Waals surface area contributed by atoms with Gasteiger partial charge in [0.2, 0.25) is 0 Å². The summed E-state index contributed by atoms with van der Waals surface area (Å²) in [6.07, 6.45) is 1.07. The lowest BCUT2D eigenvalue weighted by Gasteiger charge is -2.30. The highest BCUT2D eigenvalue weighted by molar-refractivity contribution is 6.07. The molecule has 130 valence electrons. The molecule has 0 saturated heterocycles. The van der Waals surface area contributed by atoms with Crippen LogP contribution in [0.3, 0.4) is 0 Å². The molecule has 2 heteroatoms. The van der Waals surface area contributed by atoms with Crippen LogP contribution >= 0.6 is 0 Å². The van der Waals surface area contributed by atoms with Crippen LogP contribution in [0.5, 0.6) is 0 Å². The van der Waals surface area contributed by atoms with Crippen LogP contribution in [0.2, 0.25) is 0 Å². The van der Waals surface area contributed by atoms with E-state index in [4.69, 9.17) is 4.99 Å². The SMILES string of the molecule is CCc1ccc(C2N=C(c3ccccc3)C(C)N2c2ccccc2)cc1. The molecule has 3 aromatic carbocycles. The first-order valence-corrected chi connectivity index (χ1v) is 9.33. The highest BCUT2D eigenvalue weighted by atomic mass is 15.3. The zero-order valence-electron chi connectivity index (χ0n) is 15.3. The van der Waals surface area contributed by atoms with Gasteiger partial charge in [0.1, 0.15) is 6.17 Å². The Bertz CT molecular complexity index is 883. The maximum atomic E-state index is 5.17. The predicted octanol–water partition coefficient (Wildman–Crippen LogP) is 5.65. The van der Waals surface area contributed by atoms with Crippen molar-refractivity contribution >= 4 is 11.4 Å². The molecule has 0 spiro atoms. The van der Waals surface area contributed by atoms with E-state index in [1.807, 2.05) is 0 Å². The van der Waals surface area contributed by atoms with Crippen LogP contribution in [0.25, 0.3) is 0 Å². The maximum Gasteiger partial charge on any atom is 0.148 e. The van der Waals surface area contributed by atoms with Crippen LogP contribution in [-0.2, 0) is 6.42 Å². The molecule has 0 aliphatic carbocycles. The third-order valence-corrected chi connectivity index (χ3v) is 5.15. The van der Waals surface area contributed by atoms with Gasteiger partial charge < -0.3 is 4.90 Å². The van der Waals surface area contributed by atoms with Crippen LogP contribution in [-0.4, -0.2) is 11.8 Å². The highest BCUT2D eigenvalue weighted by Crippen LogP contribution is 2.37. The summed E-state index contributed by atoms with van der Waals surface area (Å²) in [6.45, 7) is 4.44. The fourth-order valence-corrected chi connectivity index (χ4v) is 3.70. The second kappa shape index (κ2) is 7.17. The molecule has 3 aromatic rings. The lowest BCUT2D eigenvalue weighted by Crippen LogP contribution is -2.35. The van der Waals surface area contributed by atoms with Gasteiger partial charge in [-0.15, -0.1) is 0 Å². The molecule has 0 amide bonds. The number of benzene rings is 3. The molecule has 2 atom stereocenters. The fourth-order valence-electron chi connectivity index (χ4n) is 3.70. The topological polar surface area (TPSA) is 15.6 Å². The number of para-hydroxylation sites is 1.